The number of hydrogen-bond acceptors (Lipinski definition) is 7. The molecule has 2 aromatic heterocycles. The van der Waals surface area contributed by atoms with E-state index in [2.05, 4.69) is 19.9 Å². The zero-order valence-corrected chi connectivity index (χ0v) is 15.3. The first-order valence-electron chi connectivity index (χ1n) is 8.09. The van der Waals surface area contributed by atoms with E-state index in [0.29, 0.717) is 53.7 Å². The molecule has 1 fully saturated rings. The number of aromatic nitrogens is 4. The van der Waals surface area contributed by atoms with E-state index in [-0.39, 0.29) is 5.28 Å². The van der Waals surface area contributed by atoms with E-state index < -0.39 is 5.50 Å². The van der Waals surface area contributed by atoms with E-state index >= 15 is 0 Å². The molecule has 0 aliphatic carbocycles. The average molecular weight is 392 g/mol. The van der Waals surface area contributed by atoms with Gasteiger partial charge in [-0.25, -0.2) is 19.3 Å². The van der Waals surface area contributed by atoms with Gasteiger partial charge in [-0.1, -0.05) is 42.1 Å². The van der Waals surface area contributed by atoms with E-state index in [9.17, 15) is 4.39 Å². The molecule has 6 nitrogen and oxygen atoms in total. The van der Waals surface area contributed by atoms with Crippen LogP contribution in [0, 0.1) is 0 Å². The molecule has 0 saturated carbocycles. The molecule has 0 radical (unpaired) electrons. The Kier molecular flexibility index (Phi) is 5.14. The molecule has 0 amide bonds. The number of thioether (sulfide) groups is 1. The van der Waals surface area contributed by atoms with Crippen LogP contribution in [0.3, 0.4) is 0 Å². The molecule has 3 heterocycles. The number of morpholine rings is 1. The fraction of sp³-hybridized carbons (Fsp3) is 0.294. The molecule has 1 atom stereocenters. The fourth-order valence-corrected chi connectivity index (χ4v) is 3.75. The Labute approximate surface area is 158 Å². The lowest BCUT2D eigenvalue weighted by molar-refractivity contribution is 0.122. The van der Waals surface area contributed by atoms with Gasteiger partial charge in [0, 0.05) is 13.1 Å². The van der Waals surface area contributed by atoms with E-state index in [4.69, 9.17) is 16.3 Å². The summed E-state index contributed by atoms with van der Waals surface area (Å²) in [5, 5.41) is 0.524. The van der Waals surface area contributed by atoms with Gasteiger partial charge in [0.25, 0.3) is 0 Å². The summed E-state index contributed by atoms with van der Waals surface area (Å²) in [6.45, 7) is 2.59. The van der Waals surface area contributed by atoms with Gasteiger partial charge >= 0.3 is 0 Å². The highest BCUT2D eigenvalue weighted by Gasteiger charge is 2.22. The van der Waals surface area contributed by atoms with Gasteiger partial charge in [0.15, 0.2) is 11.3 Å². The summed E-state index contributed by atoms with van der Waals surface area (Å²) in [4.78, 5) is 19.2. The monoisotopic (exact) mass is 391 g/mol. The largest absolute Gasteiger partial charge is 0.378 e. The number of benzene rings is 1. The second-order valence-corrected chi connectivity index (χ2v) is 7.01. The number of rotatable bonds is 4. The van der Waals surface area contributed by atoms with Crippen LogP contribution >= 0.6 is 23.4 Å². The van der Waals surface area contributed by atoms with Crippen molar-refractivity contribution < 1.29 is 9.13 Å². The van der Waals surface area contributed by atoms with Crippen molar-refractivity contribution >= 4 is 40.2 Å². The van der Waals surface area contributed by atoms with Crippen LogP contribution in [-0.2, 0) is 4.74 Å². The molecule has 4 rings (SSSR count). The van der Waals surface area contributed by atoms with Crippen molar-refractivity contribution in [2.75, 3.05) is 31.2 Å². The van der Waals surface area contributed by atoms with Crippen molar-refractivity contribution in [1.29, 1.82) is 0 Å². The molecule has 1 aliphatic heterocycles. The van der Waals surface area contributed by atoms with Gasteiger partial charge in [-0.3, -0.25) is 0 Å². The van der Waals surface area contributed by atoms with Crippen molar-refractivity contribution in [3.63, 3.8) is 0 Å². The minimum atomic E-state index is -1.27. The van der Waals surface area contributed by atoms with Crippen molar-refractivity contribution in [2.24, 2.45) is 0 Å². The van der Waals surface area contributed by atoms with Gasteiger partial charge in [0.1, 0.15) is 22.4 Å². The first-order valence-corrected chi connectivity index (χ1v) is 9.35. The Balaban J connectivity index is 1.73. The summed E-state index contributed by atoms with van der Waals surface area (Å²) < 4.78 is 20.1. The Morgan fingerprint density at radius 1 is 1.08 bits per heavy atom. The highest BCUT2D eigenvalue weighted by molar-refractivity contribution is 7.99. The van der Waals surface area contributed by atoms with E-state index in [0.717, 1.165) is 11.8 Å². The quantitative estimate of drug-likeness (QED) is 0.382. The number of anilines is 1. The molecule has 0 N–H and O–H groups in total. The van der Waals surface area contributed by atoms with E-state index in [1.807, 2.05) is 11.0 Å². The van der Waals surface area contributed by atoms with Crippen LogP contribution in [0.1, 0.15) is 11.1 Å². The zero-order chi connectivity index (χ0) is 17.9. The van der Waals surface area contributed by atoms with Gasteiger partial charge < -0.3 is 9.64 Å². The van der Waals surface area contributed by atoms with Crippen LogP contribution in [0.5, 0.6) is 0 Å². The zero-order valence-electron chi connectivity index (χ0n) is 13.7. The number of alkyl halides is 1. The summed E-state index contributed by atoms with van der Waals surface area (Å²) in [5.41, 5.74) is 0.319. The van der Waals surface area contributed by atoms with Crippen LogP contribution < -0.4 is 4.90 Å². The second kappa shape index (κ2) is 7.69. The summed E-state index contributed by atoms with van der Waals surface area (Å²) in [5.74, 6) is 0.627. The molecule has 9 heteroatoms. The highest BCUT2D eigenvalue weighted by atomic mass is 35.5. The van der Waals surface area contributed by atoms with Crippen molar-refractivity contribution in [3.05, 3.63) is 47.5 Å². The van der Waals surface area contributed by atoms with Gasteiger partial charge in [0.05, 0.1) is 13.2 Å². The SMILES string of the molecule is FC(Sc1ncnc2c(N3CCOCC3)nc(Cl)nc12)c1ccccc1. The maximum absolute atomic E-state index is 14.7. The first-order chi connectivity index (χ1) is 12.7. The maximum Gasteiger partial charge on any atom is 0.225 e. The predicted octanol–water partition coefficient (Wildman–Crippen LogP) is 3.67. The minimum Gasteiger partial charge on any atom is -0.378 e. The number of fused-ring (bicyclic) bond motifs is 1. The molecule has 134 valence electrons. The minimum absolute atomic E-state index is 0.0887. The predicted molar refractivity (Wildman–Crippen MR) is 99.3 cm³/mol. The Bertz CT molecular complexity index is 910. The van der Waals surface area contributed by atoms with Crippen LogP contribution in [0.25, 0.3) is 11.0 Å². The second-order valence-electron chi connectivity index (χ2n) is 5.64. The van der Waals surface area contributed by atoms with Gasteiger partial charge in [-0.2, -0.15) is 4.98 Å². The fourth-order valence-electron chi connectivity index (χ4n) is 2.74. The lowest BCUT2D eigenvalue weighted by Gasteiger charge is -2.28. The summed E-state index contributed by atoms with van der Waals surface area (Å²) in [6, 6.07) is 8.93. The standard InChI is InChI=1S/C17H15ClFN5OS/c18-17-22-13-12(15(23-17)24-6-8-25-9-7-24)20-10-21-16(13)26-14(19)11-4-2-1-3-5-11/h1-5,10,14H,6-9H2. The third-order valence-corrected chi connectivity index (χ3v) is 5.16. The van der Waals surface area contributed by atoms with Crippen LogP contribution in [0.2, 0.25) is 5.28 Å². The van der Waals surface area contributed by atoms with Crippen LogP contribution in [-0.4, -0.2) is 46.2 Å². The number of nitrogens with zero attached hydrogens (tertiary/aromatic N) is 5. The molecular weight excluding hydrogens is 377 g/mol. The molecule has 1 aromatic carbocycles. The maximum atomic E-state index is 14.7. The molecule has 26 heavy (non-hydrogen) atoms. The summed E-state index contributed by atoms with van der Waals surface area (Å²) in [6.07, 6.45) is 1.41. The summed E-state index contributed by atoms with van der Waals surface area (Å²) in [7, 11) is 0. The number of halogens is 2. The van der Waals surface area contributed by atoms with Crippen LogP contribution in [0.15, 0.2) is 41.7 Å². The third kappa shape index (κ3) is 3.58. The number of ether oxygens (including phenoxy) is 1. The topological polar surface area (TPSA) is 64.0 Å². The van der Waals surface area contributed by atoms with Crippen molar-refractivity contribution in [3.8, 4) is 0 Å². The van der Waals surface area contributed by atoms with Crippen molar-refractivity contribution in [1.82, 2.24) is 19.9 Å². The highest BCUT2D eigenvalue weighted by Crippen LogP contribution is 2.38. The number of hydrogen-bond donors (Lipinski definition) is 0. The van der Waals surface area contributed by atoms with E-state index in [1.165, 1.54) is 6.33 Å². The molecule has 1 aliphatic rings. The first kappa shape index (κ1) is 17.4. The lowest BCUT2D eigenvalue weighted by atomic mass is 10.2. The van der Waals surface area contributed by atoms with Gasteiger partial charge in [0.2, 0.25) is 5.28 Å². The molecule has 1 saturated heterocycles. The molecule has 0 spiro atoms. The van der Waals surface area contributed by atoms with Crippen LogP contribution in [0.4, 0.5) is 10.2 Å². The smallest absolute Gasteiger partial charge is 0.225 e. The van der Waals surface area contributed by atoms with Crippen molar-refractivity contribution in [2.45, 2.75) is 10.5 Å². The normalized spacial score (nSPS) is 16.0. The Morgan fingerprint density at radius 3 is 2.62 bits per heavy atom. The Morgan fingerprint density at radius 2 is 1.85 bits per heavy atom. The van der Waals surface area contributed by atoms with E-state index in [1.54, 1.807) is 24.3 Å². The molecule has 3 aromatic rings. The van der Waals surface area contributed by atoms with Gasteiger partial charge in [-0.15, -0.1) is 0 Å². The summed E-state index contributed by atoms with van der Waals surface area (Å²) >= 11 is 7.11. The van der Waals surface area contributed by atoms with Gasteiger partial charge in [-0.05, 0) is 17.2 Å². The molecular formula is C17H15ClFN5OS. The molecule has 0 bridgehead atoms. The molecule has 1 unspecified atom stereocenters. The average Bonchev–Trinajstić information content (AvgIpc) is 2.69. The lowest BCUT2D eigenvalue weighted by Crippen LogP contribution is -2.37. The third-order valence-electron chi connectivity index (χ3n) is 3.99. The Hall–Kier alpha value is -2.03.